The maximum absolute atomic E-state index is 10.6. The van der Waals surface area contributed by atoms with Crippen LogP contribution < -0.4 is 9.47 Å². The zero-order valence-electron chi connectivity index (χ0n) is 15.2. The monoisotopic (exact) mass is 382 g/mol. The van der Waals surface area contributed by atoms with Gasteiger partial charge in [0.25, 0.3) is 0 Å². The van der Waals surface area contributed by atoms with Crippen molar-refractivity contribution < 1.29 is 39.1 Å². The minimum Gasteiger partial charge on any atom is -0.493 e. The number of aliphatic hydroxyl groups excluding tert-OH is 2. The summed E-state index contributed by atoms with van der Waals surface area (Å²) in [5, 5.41) is 28.2. The molecule has 0 bridgehead atoms. The fourth-order valence-electron chi connectivity index (χ4n) is 3.34. The predicted molar refractivity (Wildman–Crippen MR) is 93.8 cm³/mol. The van der Waals surface area contributed by atoms with Crippen molar-refractivity contribution in [2.75, 3.05) is 13.2 Å². The summed E-state index contributed by atoms with van der Waals surface area (Å²) >= 11 is 0. The molecule has 2 heterocycles. The van der Waals surface area contributed by atoms with Crippen LogP contribution in [0.5, 0.6) is 11.5 Å². The highest BCUT2D eigenvalue weighted by atomic mass is 16.7. The number of rotatable bonds is 10. The number of fused-ring (bicyclic) bond motifs is 1. The molecular formula is C19H26O8. The molecule has 0 saturated carbocycles. The normalized spacial score (nSPS) is 29.1. The highest BCUT2D eigenvalue weighted by molar-refractivity contribution is 5.68. The molecule has 27 heavy (non-hydrogen) atoms. The van der Waals surface area contributed by atoms with Crippen molar-refractivity contribution in [3.8, 4) is 11.5 Å². The highest BCUT2D eigenvalue weighted by Gasteiger charge is 2.55. The van der Waals surface area contributed by atoms with E-state index in [-0.39, 0.29) is 31.0 Å². The highest BCUT2D eigenvalue weighted by Crippen LogP contribution is 2.38. The first-order valence-corrected chi connectivity index (χ1v) is 9.19. The zero-order valence-corrected chi connectivity index (χ0v) is 15.2. The second-order valence-corrected chi connectivity index (χ2v) is 6.93. The number of carboxylic acid groups (broad SMARTS) is 1. The third kappa shape index (κ3) is 5.32. The van der Waals surface area contributed by atoms with Gasteiger partial charge in [-0.3, -0.25) is 0 Å². The van der Waals surface area contributed by atoms with E-state index in [1.807, 2.05) is 6.92 Å². The molecule has 150 valence electrons. The number of aliphatic hydroxyl groups is 2. The Balaban J connectivity index is 1.41. The van der Waals surface area contributed by atoms with Gasteiger partial charge in [-0.15, -0.1) is 0 Å². The van der Waals surface area contributed by atoms with Crippen molar-refractivity contribution >= 4 is 5.97 Å². The maximum Gasteiger partial charge on any atom is 0.341 e. The molecule has 2 saturated heterocycles. The van der Waals surface area contributed by atoms with E-state index >= 15 is 0 Å². The lowest BCUT2D eigenvalue weighted by Crippen LogP contribution is -2.43. The molecule has 0 amide bonds. The summed E-state index contributed by atoms with van der Waals surface area (Å²) in [6.45, 7) is 1.76. The Labute approximate surface area is 157 Å². The van der Waals surface area contributed by atoms with Crippen LogP contribution in [0.1, 0.15) is 31.7 Å². The molecule has 0 spiro atoms. The Morgan fingerprint density at radius 3 is 2.56 bits per heavy atom. The lowest BCUT2D eigenvalue weighted by atomic mass is 9.98. The van der Waals surface area contributed by atoms with Crippen molar-refractivity contribution in [1.82, 2.24) is 0 Å². The molecule has 5 unspecified atom stereocenters. The van der Waals surface area contributed by atoms with Crippen LogP contribution in [0.3, 0.4) is 0 Å². The summed E-state index contributed by atoms with van der Waals surface area (Å²) in [5.74, 6) is -0.222. The van der Waals surface area contributed by atoms with Crippen molar-refractivity contribution in [3.63, 3.8) is 0 Å². The summed E-state index contributed by atoms with van der Waals surface area (Å²) in [6, 6.07) is 4.86. The first-order chi connectivity index (χ1) is 13.0. The Morgan fingerprint density at radius 1 is 1.11 bits per heavy atom. The van der Waals surface area contributed by atoms with Gasteiger partial charge in [-0.05, 0) is 43.9 Å². The van der Waals surface area contributed by atoms with E-state index in [4.69, 9.17) is 24.1 Å². The van der Waals surface area contributed by atoms with Gasteiger partial charge in [0.15, 0.2) is 6.61 Å². The zero-order chi connectivity index (χ0) is 19.4. The van der Waals surface area contributed by atoms with E-state index in [1.165, 1.54) is 0 Å². The van der Waals surface area contributed by atoms with Gasteiger partial charge in [-0.1, -0.05) is 0 Å². The van der Waals surface area contributed by atoms with Crippen LogP contribution in [0.15, 0.2) is 18.2 Å². The van der Waals surface area contributed by atoms with E-state index in [0.29, 0.717) is 23.7 Å². The van der Waals surface area contributed by atoms with Gasteiger partial charge in [0.2, 0.25) is 0 Å². The molecule has 0 aliphatic carbocycles. The standard InChI is InChI=1S/C19H26O8/c1-11-18-19(27-18)17(23)15(26-11)4-2-3-5-24-13-6-12(9-20)7-14(8-13)25-10-16(21)22/h6-8,11,15,17-20,23H,2-5,9-10H2,1H3,(H,21,22). The van der Waals surface area contributed by atoms with E-state index in [0.717, 1.165) is 19.3 Å². The summed E-state index contributed by atoms with van der Waals surface area (Å²) in [7, 11) is 0. The van der Waals surface area contributed by atoms with E-state index in [2.05, 4.69) is 0 Å². The molecule has 2 fully saturated rings. The maximum atomic E-state index is 10.6. The molecule has 0 radical (unpaired) electrons. The molecule has 1 aromatic rings. The van der Waals surface area contributed by atoms with Crippen molar-refractivity contribution in [1.29, 1.82) is 0 Å². The molecule has 5 atom stereocenters. The first kappa shape index (κ1) is 19.9. The number of ether oxygens (including phenoxy) is 4. The Bertz CT molecular complexity index is 649. The van der Waals surface area contributed by atoms with Gasteiger partial charge in [0, 0.05) is 6.07 Å². The quantitative estimate of drug-likeness (QED) is 0.407. The van der Waals surface area contributed by atoms with E-state index in [1.54, 1.807) is 18.2 Å². The summed E-state index contributed by atoms with van der Waals surface area (Å²) in [5.41, 5.74) is 0.583. The van der Waals surface area contributed by atoms with Crippen LogP contribution in [-0.2, 0) is 20.9 Å². The minimum atomic E-state index is -1.07. The Morgan fingerprint density at radius 2 is 1.85 bits per heavy atom. The molecule has 3 N–H and O–H groups in total. The topological polar surface area (TPSA) is 118 Å². The average molecular weight is 382 g/mol. The predicted octanol–water partition coefficient (Wildman–Crippen LogP) is 1.11. The third-order valence-electron chi connectivity index (χ3n) is 4.77. The third-order valence-corrected chi connectivity index (χ3v) is 4.77. The number of epoxide rings is 1. The van der Waals surface area contributed by atoms with Crippen molar-refractivity contribution in [3.05, 3.63) is 23.8 Å². The smallest absolute Gasteiger partial charge is 0.341 e. The fourth-order valence-corrected chi connectivity index (χ4v) is 3.34. The van der Waals surface area contributed by atoms with Crippen LogP contribution in [0.25, 0.3) is 0 Å². The number of hydrogen-bond donors (Lipinski definition) is 3. The molecule has 0 aromatic heterocycles. The molecule has 1 aromatic carbocycles. The SMILES string of the molecule is CC1OC(CCCCOc2cc(CO)cc(OCC(=O)O)c2)C(O)C2OC12. The van der Waals surface area contributed by atoms with Crippen LogP contribution in [-0.4, -0.2) is 65.0 Å². The fraction of sp³-hybridized carbons (Fsp3) is 0.632. The largest absolute Gasteiger partial charge is 0.493 e. The minimum absolute atomic E-state index is 0.0186. The number of hydrogen-bond acceptors (Lipinski definition) is 7. The van der Waals surface area contributed by atoms with Gasteiger partial charge < -0.3 is 34.3 Å². The van der Waals surface area contributed by atoms with Gasteiger partial charge in [0.05, 0.1) is 25.4 Å². The van der Waals surface area contributed by atoms with Crippen LogP contribution >= 0.6 is 0 Å². The summed E-state index contributed by atoms with van der Waals surface area (Å²) < 4.78 is 22.1. The molecule has 2 aliphatic heterocycles. The Kier molecular flexibility index (Phi) is 6.54. The van der Waals surface area contributed by atoms with Gasteiger partial charge in [-0.2, -0.15) is 0 Å². The second-order valence-electron chi connectivity index (χ2n) is 6.93. The van der Waals surface area contributed by atoms with Crippen molar-refractivity contribution in [2.24, 2.45) is 0 Å². The lowest BCUT2D eigenvalue weighted by Gasteiger charge is -2.29. The van der Waals surface area contributed by atoms with Crippen LogP contribution in [0.2, 0.25) is 0 Å². The molecule has 2 aliphatic rings. The number of aliphatic carboxylic acids is 1. The first-order valence-electron chi connectivity index (χ1n) is 9.19. The number of carboxylic acids is 1. The Hall–Kier alpha value is -1.87. The lowest BCUT2D eigenvalue weighted by molar-refractivity contribution is -0.139. The van der Waals surface area contributed by atoms with Crippen LogP contribution in [0, 0.1) is 0 Å². The molecule has 8 heteroatoms. The number of benzene rings is 1. The molecule has 8 nitrogen and oxygen atoms in total. The second kappa shape index (κ2) is 8.88. The number of carbonyl (C=O) groups is 1. The van der Waals surface area contributed by atoms with Gasteiger partial charge in [-0.25, -0.2) is 4.79 Å². The van der Waals surface area contributed by atoms with E-state index < -0.39 is 18.7 Å². The van der Waals surface area contributed by atoms with E-state index in [9.17, 15) is 15.0 Å². The summed E-state index contributed by atoms with van der Waals surface area (Å²) in [4.78, 5) is 10.6. The van der Waals surface area contributed by atoms with Crippen molar-refractivity contribution in [2.45, 2.75) is 63.3 Å². The van der Waals surface area contributed by atoms with Gasteiger partial charge in [0.1, 0.15) is 29.8 Å². The number of unbranched alkanes of at least 4 members (excludes halogenated alkanes) is 1. The average Bonchev–Trinajstić information content (AvgIpc) is 3.45. The summed E-state index contributed by atoms with van der Waals surface area (Å²) in [6.07, 6.45) is 1.52. The molecular weight excluding hydrogens is 356 g/mol. The van der Waals surface area contributed by atoms with Crippen LogP contribution in [0.4, 0.5) is 0 Å². The van der Waals surface area contributed by atoms with Gasteiger partial charge >= 0.3 is 5.97 Å². The molecule has 3 rings (SSSR count).